The molecule has 188 valence electrons. The Labute approximate surface area is 215 Å². The molecule has 35 heavy (non-hydrogen) atoms. The zero-order chi connectivity index (χ0) is 24.7. The van der Waals surface area contributed by atoms with Gasteiger partial charge in [0.25, 0.3) is 5.52 Å². The number of benzene rings is 1. The predicted octanol–water partition coefficient (Wildman–Crippen LogP) is 3.87. The van der Waals surface area contributed by atoms with Crippen LogP contribution in [0.3, 0.4) is 0 Å². The van der Waals surface area contributed by atoms with E-state index >= 15 is 0 Å². The lowest BCUT2D eigenvalue weighted by molar-refractivity contribution is -0.890. The SMILES string of the molecule is CC(C)(C)Sc1ccc2cc3c([n+](O)c2c1)CCN(C(=O)CCCC[C@@H]1SCC2NC(=O)NC21)C3. The van der Waals surface area contributed by atoms with E-state index in [2.05, 4.69) is 55.7 Å². The molecule has 3 N–H and O–H groups in total. The molecule has 0 radical (unpaired) electrons. The second kappa shape index (κ2) is 9.73. The molecule has 7 nitrogen and oxygen atoms in total. The van der Waals surface area contributed by atoms with Crippen molar-refractivity contribution in [2.45, 2.75) is 86.4 Å². The highest BCUT2D eigenvalue weighted by Gasteiger charge is 2.42. The van der Waals surface area contributed by atoms with Gasteiger partial charge in [-0.05, 0) is 31.0 Å². The Bertz CT molecular complexity index is 1150. The first kappa shape index (κ1) is 24.6. The molecule has 0 aliphatic carbocycles. The van der Waals surface area contributed by atoms with Crippen molar-refractivity contribution in [3.63, 3.8) is 0 Å². The number of thioether (sulfide) groups is 2. The van der Waals surface area contributed by atoms with Crippen molar-refractivity contribution in [3.05, 3.63) is 35.5 Å². The number of aromatic nitrogens is 1. The van der Waals surface area contributed by atoms with Gasteiger partial charge in [0.05, 0.1) is 30.4 Å². The summed E-state index contributed by atoms with van der Waals surface area (Å²) in [5.74, 6) is 1.15. The van der Waals surface area contributed by atoms with E-state index in [1.165, 1.54) is 4.73 Å². The molecule has 9 heteroatoms. The number of nitrogens with one attached hydrogen (secondary N) is 2. The van der Waals surface area contributed by atoms with Gasteiger partial charge in [-0.25, -0.2) is 4.79 Å². The average molecular weight is 516 g/mol. The highest BCUT2D eigenvalue weighted by atomic mass is 32.2. The van der Waals surface area contributed by atoms with E-state index in [1.54, 1.807) is 11.8 Å². The number of hydrogen-bond acceptors (Lipinski definition) is 5. The molecule has 3 aliphatic rings. The number of carbonyl (C=O) groups excluding carboxylic acids is 2. The van der Waals surface area contributed by atoms with Crippen LogP contribution in [0.1, 0.15) is 57.7 Å². The topological polar surface area (TPSA) is 85.6 Å². The standard InChI is InChI=1S/C26H34N4O3S2/c1-26(2,3)35-18-9-8-16-12-17-14-29(11-10-20(17)30(33)21(16)13-18)23(31)7-5-4-6-22-24-19(15-34-22)27-25(32)28-24/h8-9,12-13,19,22,24H,4-7,10-11,14-15H2,1-3H3,(H2-,27,28,32,33)/p+1/t19?,22-,24?/m0/s1. The van der Waals surface area contributed by atoms with E-state index in [0.717, 1.165) is 52.1 Å². The first-order chi connectivity index (χ1) is 16.7. The Morgan fingerprint density at radius 3 is 2.89 bits per heavy atom. The van der Waals surface area contributed by atoms with Crippen molar-refractivity contribution in [1.82, 2.24) is 15.5 Å². The van der Waals surface area contributed by atoms with Crippen LogP contribution in [-0.2, 0) is 17.8 Å². The number of unbranched alkanes of at least 4 members (excludes halogenated alkanes) is 1. The van der Waals surface area contributed by atoms with Crippen LogP contribution in [-0.4, -0.2) is 56.4 Å². The molecule has 2 fully saturated rings. The number of amides is 3. The van der Waals surface area contributed by atoms with Gasteiger partial charge in [0.1, 0.15) is 0 Å². The molecule has 2 aromatic rings. The van der Waals surface area contributed by atoms with Gasteiger partial charge in [0.2, 0.25) is 11.6 Å². The smallest absolute Gasteiger partial charge is 0.315 e. The second-order valence-corrected chi connectivity index (χ2v) is 14.0. The number of hydrogen-bond donors (Lipinski definition) is 3. The quantitative estimate of drug-likeness (QED) is 0.179. The average Bonchev–Trinajstić information content (AvgIpc) is 3.35. The molecule has 0 bridgehead atoms. The molecule has 2 unspecified atom stereocenters. The van der Waals surface area contributed by atoms with Crippen molar-refractivity contribution >= 4 is 46.4 Å². The summed E-state index contributed by atoms with van der Waals surface area (Å²) < 4.78 is 1.44. The molecule has 2 saturated heterocycles. The van der Waals surface area contributed by atoms with Crippen LogP contribution >= 0.6 is 23.5 Å². The van der Waals surface area contributed by atoms with Gasteiger partial charge in [-0.3, -0.25) is 10.0 Å². The molecule has 1 aromatic carbocycles. The normalized spacial score (nSPS) is 23.7. The van der Waals surface area contributed by atoms with Crippen LogP contribution in [0, 0.1) is 0 Å². The van der Waals surface area contributed by atoms with E-state index < -0.39 is 0 Å². The van der Waals surface area contributed by atoms with E-state index in [4.69, 9.17) is 0 Å². The van der Waals surface area contributed by atoms with Gasteiger partial charge in [-0.15, -0.1) is 11.8 Å². The van der Waals surface area contributed by atoms with Crippen molar-refractivity contribution in [2.24, 2.45) is 0 Å². The third kappa shape index (κ3) is 5.35. The molecule has 0 spiro atoms. The fraction of sp³-hybridized carbons (Fsp3) is 0.577. The van der Waals surface area contributed by atoms with Crippen LogP contribution < -0.4 is 15.4 Å². The van der Waals surface area contributed by atoms with Crippen LogP contribution in [0.4, 0.5) is 4.79 Å². The molecule has 1 aromatic heterocycles. The van der Waals surface area contributed by atoms with Gasteiger partial charge in [0, 0.05) is 50.0 Å². The van der Waals surface area contributed by atoms with Crippen LogP contribution in [0.25, 0.3) is 10.9 Å². The van der Waals surface area contributed by atoms with Crippen molar-refractivity contribution in [3.8, 4) is 0 Å². The first-order valence-electron chi connectivity index (χ1n) is 12.5. The summed E-state index contributed by atoms with van der Waals surface area (Å²) >= 11 is 3.71. The van der Waals surface area contributed by atoms with Crippen molar-refractivity contribution in [2.75, 3.05) is 12.3 Å². The Hall–Kier alpha value is -2.13. The van der Waals surface area contributed by atoms with E-state index in [1.807, 2.05) is 16.7 Å². The molecule has 3 aliphatic heterocycles. The highest BCUT2D eigenvalue weighted by Crippen LogP contribution is 2.34. The lowest BCUT2D eigenvalue weighted by Crippen LogP contribution is -2.45. The number of pyridine rings is 1. The summed E-state index contributed by atoms with van der Waals surface area (Å²) in [7, 11) is 0. The summed E-state index contributed by atoms with van der Waals surface area (Å²) in [4.78, 5) is 27.5. The monoisotopic (exact) mass is 515 g/mol. The van der Waals surface area contributed by atoms with E-state index in [9.17, 15) is 14.8 Å². The molecule has 5 rings (SSSR count). The number of fused-ring (bicyclic) bond motifs is 3. The zero-order valence-electron chi connectivity index (χ0n) is 20.7. The van der Waals surface area contributed by atoms with Crippen LogP contribution in [0.15, 0.2) is 29.2 Å². The Kier molecular flexibility index (Phi) is 6.83. The van der Waals surface area contributed by atoms with Gasteiger partial charge < -0.3 is 15.5 Å². The fourth-order valence-electron chi connectivity index (χ4n) is 5.36. The second-order valence-electron chi connectivity index (χ2n) is 10.8. The molecule has 0 saturated carbocycles. The molecular weight excluding hydrogens is 480 g/mol. The molecular formula is C26H35N4O3S2+. The summed E-state index contributed by atoms with van der Waals surface area (Å²) in [6.45, 7) is 7.73. The maximum Gasteiger partial charge on any atom is 0.315 e. The summed E-state index contributed by atoms with van der Waals surface area (Å²) in [6, 6.07) is 8.78. The molecule has 3 amide bonds. The Morgan fingerprint density at radius 1 is 1.26 bits per heavy atom. The minimum Gasteiger partial charge on any atom is -0.338 e. The predicted molar refractivity (Wildman–Crippen MR) is 140 cm³/mol. The number of carbonyl (C=O) groups is 2. The summed E-state index contributed by atoms with van der Waals surface area (Å²) in [5, 5.41) is 18.4. The zero-order valence-corrected chi connectivity index (χ0v) is 22.3. The minimum absolute atomic E-state index is 0.0490. The van der Waals surface area contributed by atoms with Gasteiger partial charge in [-0.1, -0.05) is 27.2 Å². The minimum atomic E-state index is -0.0490. The maximum atomic E-state index is 12.9. The third-order valence-electron chi connectivity index (χ3n) is 7.01. The largest absolute Gasteiger partial charge is 0.338 e. The van der Waals surface area contributed by atoms with Gasteiger partial charge in [-0.2, -0.15) is 11.8 Å². The fourth-order valence-corrected chi connectivity index (χ4v) is 7.92. The lowest BCUT2D eigenvalue weighted by atomic mass is 10.0. The van der Waals surface area contributed by atoms with Gasteiger partial charge in [0.15, 0.2) is 0 Å². The number of rotatable bonds is 6. The van der Waals surface area contributed by atoms with Crippen molar-refractivity contribution in [1.29, 1.82) is 0 Å². The summed E-state index contributed by atoms with van der Waals surface area (Å²) in [6.07, 6.45) is 4.08. The van der Waals surface area contributed by atoms with Crippen LogP contribution in [0.2, 0.25) is 0 Å². The number of nitrogens with zero attached hydrogens (tertiary/aromatic N) is 2. The highest BCUT2D eigenvalue weighted by molar-refractivity contribution is 8.00. The van der Waals surface area contributed by atoms with Crippen molar-refractivity contribution < 1.29 is 19.5 Å². The molecule has 4 heterocycles. The summed E-state index contributed by atoms with van der Waals surface area (Å²) in [5.41, 5.74) is 2.74. The Morgan fingerprint density at radius 2 is 2.09 bits per heavy atom. The van der Waals surface area contributed by atoms with Gasteiger partial charge >= 0.3 is 6.03 Å². The number of urea groups is 1. The van der Waals surface area contributed by atoms with E-state index in [-0.39, 0.29) is 28.8 Å². The van der Waals surface area contributed by atoms with Crippen LogP contribution in [0.5, 0.6) is 0 Å². The third-order valence-corrected chi connectivity index (χ3v) is 9.62. The maximum absolute atomic E-state index is 12.9. The lowest BCUT2D eigenvalue weighted by Gasteiger charge is -2.27. The van der Waals surface area contributed by atoms with E-state index in [0.29, 0.717) is 31.2 Å². The Balaban J connectivity index is 1.17. The molecule has 3 atom stereocenters. The first-order valence-corrected chi connectivity index (χ1v) is 14.4.